The normalized spacial score (nSPS) is 11.6. The number of hydrogen-bond donors (Lipinski definition) is 1. The third-order valence-corrected chi connectivity index (χ3v) is 4.66. The molecule has 1 aromatic rings. The third-order valence-electron chi connectivity index (χ3n) is 3.00. The minimum atomic E-state index is -3.02. The van der Waals surface area contributed by atoms with Gasteiger partial charge in [-0.2, -0.15) is 0 Å². The zero-order valence-corrected chi connectivity index (χ0v) is 12.4. The monoisotopic (exact) mass is 271 g/mol. The first-order valence-corrected chi connectivity index (χ1v) is 7.88. The van der Waals surface area contributed by atoms with Gasteiger partial charge in [-0.05, 0) is 24.0 Å². The minimum Gasteiger partial charge on any atom is -0.374 e. The van der Waals surface area contributed by atoms with Crippen molar-refractivity contribution in [2.24, 2.45) is 0 Å². The molecule has 0 atom stereocenters. The SMILES string of the molecule is CCc1cccc(CC)c1NCP(=O)(OC)OC. The van der Waals surface area contributed by atoms with Crippen molar-refractivity contribution in [1.29, 1.82) is 0 Å². The Hall–Kier alpha value is -0.830. The minimum absolute atomic E-state index is 0.185. The summed E-state index contributed by atoms with van der Waals surface area (Å²) < 4.78 is 21.9. The smallest absolute Gasteiger partial charge is 0.349 e. The first kappa shape index (κ1) is 15.2. The van der Waals surface area contributed by atoms with E-state index in [2.05, 4.69) is 37.4 Å². The van der Waals surface area contributed by atoms with E-state index in [0.29, 0.717) is 0 Å². The van der Waals surface area contributed by atoms with Gasteiger partial charge in [-0.15, -0.1) is 0 Å². The summed E-state index contributed by atoms with van der Waals surface area (Å²) >= 11 is 0. The number of anilines is 1. The van der Waals surface area contributed by atoms with Crippen molar-refractivity contribution in [2.45, 2.75) is 26.7 Å². The van der Waals surface area contributed by atoms with Crippen LogP contribution in [-0.4, -0.2) is 20.5 Å². The van der Waals surface area contributed by atoms with E-state index in [0.717, 1.165) is 18.5 Å². The van der Waals surface area contributed by atoms with E-state index in [1.165, 1.54) is 25.3 Å². The molecule has 0 bridgehead atoms. The highest BCUT2D eigenvalue weighted by Gasteiger charge is 2.21. The Morgan fingerprint density at radius 2 is 1.61 bits per heavy atom. The lowest BCUT2D eigenvalue weighted by molar-refractivity contribution is 0.278. The maximum absolute atomic E-state index is 12.0. The molecule has 102 valence electrons. The second-order valence-corrected chi connectivity index (χ2v) is 6.24. The van der Waals surface area contributed by atoms with E-state index < -0.39 is 7.60 Å². The summed E-state index contributed by atoms with van der Waals surface area (Å²) in [6.07, 6.45) is 2.05. The molecule has 0 aliphatic carbocycles. The van der Waals surface area contributed by atoms with Crippen molar-refractivity contribution in [3.05, 3.63) is 29.3 Å². The Labute approximate surface area is 109 Å². The van der Waals surface area contributed by atoms with Gasteiger partial charge < -0.3 is 14.4 Å². The van der Waals surface area contributed by atoms with Crippen LogP contribution in [0, 0.1) is 0 Å². The van der Waals surface area contributed by atoms with E-state index >= 15 is 0 Å². The van der Waals surface area contributed by atoms with Crippen LogP contribution in [0.1, 0.15) is 25.0 Å². The molecule has 4 nitrogen and oxygen atoms in total. The summed E-state index contributed by atoms with van der Waals surface area (Å²) in [4.78, 5) is 0. The summed E-state index contributed by atoms with van der Waals surface area (Å²) in [6.45, 7) is 4.21. The molecule has 0 saturated heterocycles. The number of para-hydroxylation sites is 1. The highest BCUT2D eigenvalue weighted by Crippen LogP contribution is 2.46. The number of benzene rings is 1. The van der Waals surface area contributed by atoms with Crippen molar-refractivity contribution < 1.29 is 13.6 Å². The molecule has 1 N–H and O–H groups in total. The molecular formula is C13H22NO3P. The summed E-state index contributed by atoms with van der Waals surface area (Å²) in [6, 6.07) is 6.20. The number of rotatable bonds is 7. The molecule has 0 unspecified atom stereocenters. The Bertz CT molecular complexity index is 404. The van der Waals surface area contributed by atoms with Crippen LogP contribution in [0.15, 0.2) is 18.2 Å². The van der Waals surface area contributed by atoms with Gasteiger partial charge in [0, 0.05) is 19.9 Å². The number of aryl methyl sites for hydroxylation is 2. The van der Waals surface area contributed by atoms with Crippen LogP contribution in [0.2, 0.25) is 0 Å². The maximum atomic E-state index is 12.0. The molecule has 0 aliphatic rings. The van der Waals surface area contributed by atoms with E-state index in [1.807, 2.05) is 0 Å². The lowest BCUT2D eigenvalue weighted by atomic mass is 10.0. The second kappa shape index (κ2) is 6.93. The molecule has 0 saturated carbocycles. The lowest BCUT2D eigenvalue weighted by Gasteiger charge is -2.19. The molecule has 5 heteroatoms. The van der Waals surface area contributed by atoms with Gasteiger partial charge in [-0.1, -0.05) is 32.0 Å². The third kappa shape index (κ3) is 3.58. The quantitative estimate of drug-likeness (QED) is 0.769. The fourth-order valence-corrected chi connectivity index (χ4v) is 2.61. The van der Waals surface area contributed by atoms with Crippen molar-refractivity contribution in [3.8, 4) is 0 Å². The van der Waals surface area contributed by atoms with Crippen molar-refractivity contribution >= 4 is 13.3 Å². The number of nitrogens with one attached hydrogen (secondary N) is 1. The van der Waals surface area contributed by atoms with Crippen LogP contribution in [0.25, 0.3) is 0 Å². The van der Waals surface area contributed by atoms with Gasteiger partial charge in [0.25, 0.3) is 0 Å². The molecule has 1 aromatic carbocycles. The highest BCUT2D eigenvalue weighted by molar-refractivity contribution is 7.53. The fraction of sp³-hybridized carbons (Fsp3) is 0.538. The molecule has 0 fully saturated rings. The van der Waals surface area contributed by atoms with E-state index in [1.54, 1.807) is 0 Å². The first-order valence-electron chi connectivity index (χ1n) is 6.15. The lowest BCUT2D eigenvalue weighted by Crippen LogP contribution is -2.09. The standard InChI is InChI=1S/C13H22NO3P/c1-5-11-8-7-9-12(6-2)13(11)14-10-18(15,16-3)17-4/h7-9,14H,5-6,10H2,1-4H3. The molecule has 0 amide bonds. The Morgan fingerprint density at radius 1 is 1.11 bits per heavy atom. The molecule has 0 radical (unpaired) electrons. The van der Waals surface area contributed by atoms with Gasteiger partial charge in [-0.3, -0.25) is 4.57 Å². The summed E-state index contributed by atoms with van der Waals surface area (Å²) in [5.74, 6) is 0. The topological polar surface area (TPSA) is 47.6 Å². The van der Waals surface area contributed by atoms with Crippen molar-refractivity contribution in [3.63, 3.8) is 0 Å². The van der Waals surface area contributed by atoms with E-state index in [4.69, 9.17) is 9.05 Å². The molecule has 0 heterocycles. The van der Waals surface area contributed by atoms with Crippen molar-refractivity contribution in [1.82, 2.24) is 0 Å². The summed E-state index contributed by atoms with van der Waals surface area (Å²) in [7, 11) is -0.216. The predicted molar refractivity (Wildman–Crippen MR) is 75.3 cm³/mol. The molecule has 0 aromatic heterocycles. The van der Waals surface area contributed by atoms with Gasteiger partial charge in [0.15, 0.2) is 0 Å². The zero-order valence-electron chi connectivity index (χ0n) is 11.5. The Morgan fingerprint density at radius 3 is 2.00 bits per heavy atom. The maximum Gasteiger partial charge on any atom is 0.349 e. The van der Waals surface area contributed by atoms with Gasteiger partial charge in [0.2, 0.25) is 0 Å². The molecule has 0 spiro atoms. The van der Waals surface area contributed by atoms with Crippen LogP contribution in [0.5, 0.6) is 0 Å². The predicted octanol–water partition coefficient (Wildman–Crippen LogP) is 3.67. The van der Waals surface area contributed by atoms with Gasteiger partial charge >= 0.3 is 7.60 Å². The molecule has 0 aliphatic heterocycles. The Kier molecular flexibility index (Phi) is 5.86. The largest absolute Gasteiger partial charge is 0.374 e. The van der Waals surface area contributed by atoms with E-state index in [-0.39, 0.29) is 6.29 Å². The highest BCUT2D eigenvalue weighted by atomic mass is 31.2. The van der Waals surface area contributed by atoms with Crippen molar-refractivity contribution in [2.75, 3.05) is 25.8 Å². The second-order valence-electron chi connectivity index (χ2n) is 3.97. The Balaban J connectivity index is 2.93. The summed E-state index contributed by atoms with van der Waals surface area (Å²) in [5.41, 5.74) is 3.48. The molecule has 18 heavy (non-hydrogen) atoms. The fourth-order valence-electron chi connectivity index (χ4n) is 1.85. The van der Waals surface area contributed by atoms with Gasteiger partial charge in [0.05, 0.1) is 0 Å². The average Bonchev–Trinajstić information content (AvgIpc) is 2.44. The first-order chi connectivity index (χ1) is 8.60. The van der Waals surface area contributed by atoms with Crippen LogP contribution < -0.4 is 5.32 Å². The van der Waals surface area contributed by atoms with Crippen LogP contribution in [-0.2, 0) is 26.5 Å². The van der Waals surface area contributed by atoms with Gasteiger partial charge in [-0.25, -0.2) is 0 Å². The molecular weight excluding hydrogens is 249 g/mol. The zero-order chi connectivity index (χ0) is 13.6. The molecule has 1 rings (SSSR count). The van der Waals surface area contributed by atoms with Gasteiger partial charge in [0.1, 0.15) is 6.29 Å². The van der Waals surface area contributed by atoms with Crippen LogP contribution >= 0.6 is 7.60 Å². The van der Waals surface area contributed by atoms with E-state index in [9.17, 15) is 4.57 Å². The number of hydrogen-bond acceptors (Lipinski definition) is 4. The average molecular weight is 271 g/mol. The van der Waals surface area contributed by atoms with Crippen LogP contribution in [0.4, 0.5) is 5.69 Å². The van der Waals surface area contributed by atoms with Crippen LogP contribution in [0.3, 0.4) is 0 Å². The summed E-state index contributed by atoms with van der Waals surface area (Å²) in [5, 5.41) is 3.21.